The molecule has 2 N–H and O–H groups in total. The molecule has 15 heavy (non-hydrogen) atoms. The van der Waals surface area contributed by atoms with Gasteiger partial charge in [-0.1, -0.05) is 18.5 Å². The van der Waals surface area contributed by atoms with Gasteiger partial charge in [-0.2, -0.15) is 5.10 Å². The van der Waals surface area contributed by atoms with Crippen LogP contribution in [0.5, 0.6) is 0 Å². The molecule has 1 atom stereocenters. The number of aliphatic hydroxyl groups is 1. The molecule has 1 aromatic rings. The Kier molecular flexibility index (Phi) is 4.57. The highest BCUT2D eigenvalue weighted by molar-refractivity contribution is 6.30. The number of rotatable bonds is 5. The Morgan fingerprint density at radius 3 is 2.73 bits per heavy atom. The summed E-state index contributed by atoms with van der Waals surface area (Å²) in [4.78, 5) is 0. The minimum atomic E-state index is -0.412. The number of likely N-dealkylation sites (N-methyl/N-ethyl adjacent to an activating group) is 1. The number of nitrogens with zero attached hydrogens (tertiary/aromatic N) is 2. The molecule has 0 aromatic carbocycles. The molecule has 0 spiro atoms. The minimum Gasteiger partial charge on any atom is -0.391 e. The molecule has 86 valence electrons. The van der Waals surface area contributed by atoms with Crippen molar-refractivity contribution in [3.8, 4) is 0 Å². The van der Waals surface area contributed by atoms with Crippen molar-refractivity contribution in [3.63, 3.8) is 0 Å². The van der Waals surface area contributed by atoms with Crippen molar-refractivity contribution in [2.45, 2.75) is 26.4 Å². The second-order valence-electron chi connectivity index (χ2n) is 3.64. The van der Waals surface area contributed by atoms with Crippen LogP contribution in [0.15, 0.2) is 0 Å². The highest BCUT2D eigenvalue weighted by Gasteiger charge is 2.14. The van der Waals surface area contributed by atoms with E-state index >= 15 is 0 Å². The Bertz CT molecular complexity index is 325. The highest BCUT2D eigenvalue weighted by Crippen LogP contribution is 2.19. The predicted octanol–water partition coefficient (Wildman–Crippen LogP) is 0.895. The first-order valence-corrected chi connectivity index (χ1v) is 5.50. The van der Waals surface area contributed by atoms with Gasteiger partial charge in [0.25, 0.3) is 0 Å². The number of aryl methyl sites for hydroxylation is 2. The molecule has 1 unspecified atom stereocenters. The lowest BCUT2D eigenvalue weighted by Crippen LogP contribution is -2.28. The summed E-state index contributed by atoms with van der Waals surface area (Å²) in [5.41, 5.74) is 1.82. The molecule has 0 bridgehead atoms. The van der Waals surface area contributed by atoms with Crippen molar-refractivity contribution < 1.29 is 5.11 Å². The number of aliphatic hydroxyl groups excluding tert-OH is 1. The fourth-order valence-corrected chi connectivity index (χ4v) is 1.78. The maximum absolute atomic E-state index is 9.73. The lowest BCUT2D eigenvalue weighted by atomic mass is 10.1. The number of hydrogen-bond donors (Lipinski definition) is 2. The van der Waals surface area contributed by atoms with Gasteiger partial charge in [-0.25, -0.2) is 0 Å². The van der Waals surface area contributed by atoms with E-state index < -0.39 is 6.10 Å². The zero-order chi connectivity index (χ0) is 11.4. The van der Waals surface area contributed by atoms with Crippen LogP contribution in [0.4, 0.5) is 0 Å². The van der Waals surface area contributed by atoms with Gasteiger partial charge >= 0.3 is 0 Å². The van der Waals surface area contributed by atoms with Crippen LogP contribution in [0.3, 0.4) is 0 Å². The number of halogens is 1. The third kappa shape index (κ3) is 3.19. The standard InChI is InChI=1S/C10H18ClN3O/c1-4-12-6-8(15)5-9-7(2)13-14(3)10(9)11/h8,12,15H,4-6H2,1-3H3. The highest BCUT2D eigenvalue weighted by atomic mass is 35.5. The fourth-order valence-electron chi connectivity index (χ4n) is 1.52. The van der Waals surface area contributed by atoms with E-state index in [1.54, 1.807) is 11.7 Å². The first kappa shape index (κ1) is 12.5. The van der Waals surface area contributed by atoms with E-state index in [1.165, 1.54) is 0 Å². The average molecular weight is 232 g/mol. The average Bonchev–Trinajstić information content (AvgIpc) is 2.42. The molecule has 1 heterocycles. The van der Waals surface area contributed by atoms with E-state index in [9.17, 15) is 5.11 Å². The van der Waals surface area contributed by atoms with Crippen molar-refractivity contribution >= 4 is 11.6 Å². The molecule has 0 radical (unpaired) electrons. The fraction of sp³-hybridized carbons (Fsp3) is 0.700. The second-order valence-corrected chi connectivity index (χ2v) is 4.00. The van der Waals surface area contributed by atoms with Crippen LogP contribution in [-0.2, 0) is 13.5 Å². The number of nitrogens with one attached hydrogen (secondary N) is 1. The van der Waals surface area contributed by atoms with Crippen LogP contribution < -0.4 is 5.32 Å². The molecule has 0 aliphatic rings. The molecule has 1 aromatic heterocycles. The number of hydrogen-bond acceptors (Lipinski definition) is 3. The Labute approximate surface area is 95.2 Å². The number of aromatic nitrogens is 2. The zero-order valence-corrected chi connectivity index (χ0v) is 10.2. The Balaban J connectivity index is 2.63. The van der Waals surface area contributed by atoms with E-state index in [-0.39, 0.29) is 0 Å². The van der Waals surface area contributed by atoms with Crippen LogP contribution in [0.25, 0.3) is 0 Å². The maximum Gasteiger partial charge on any atom is 0.130 e. The monoisotopic (exact) mass is 231 g/mol. The van der Waals surface area contributed by atoms with Crippen molar-refractivity contribution in [1.82, 2.24) is 15.1 Å². The largest absolute Gasteiger partial charge is 0.391 e. The molecule has 1 rings (SSSR count). The van der Waals surface area contributed by atoms with Gasteiger partial charge in [0.15, 0.2) is 0 Å². The van der Waals surface area contributed by atoms with Gasteiger partial charge in [0.1, 0.15) is 5.15 Å². The molecule has 0 saturated heterocycles. The van der Waals surface area contributed by atoms with Crippen molar-refractivity contribution in [1.29, 1.82) is 0 Å². The topological polar surface area (TPSA) is 50.1 Å². The molecule has 0 saturated carbocycles. The van der Waals surface area contributed by atoms with E-state index in [2.05, 4.69) is 10.4 Å². The molecule has 0 amide bonds. The maximum atomic E-state index is 9.73. The summed E-state index contributed by atoms with van der Waals surface area (Å²) >= 11 is 6.06. The molecule has 0 aliphatic carbocycles. The molecule has 0 fully saturated rings. The van der Waals surface area contributed by atoms with E-state index in [0.29, 0.717) is 18.1 Å². The summed E-state index contributed by atoms with van der Waals surface area (Å²) in [6.07, 6.45) is 0.135. The minimum absolute atomic E-state index is 0.412. The summed E-state index contributed by atoms with van der Waals surface area (Å²) in [7, 11) is 1.80. The first-order chi connectivity index (χ1) is 7.06. The van der Waals surface area contributed by atoms with Gasteiger partial charge in [0, 0.05) is 25.6 Å². The van der Waals surface area contributed by atoms with Crippen LogP contribution in [0, 0.1) is 6.92 Å². The summed E-state index contributed by atoms with van der Waals surface area (Å²) in [5, 5.41) is 17.6. The lowest BCUT2D eigenvalue weighted by Gasteiger charge is -2.10. The summed E-state index contributed by atoms with van der Waals surface area (Å²) < 4.78 is 1.63. The van der Waals surface area contributed by atoms with Crippen LogP contribution >= 0.6 is 11.6 Å². The van der Waals surface area contributed by atoms with Gasteiger partial charge in [-0.3, -0.25) is 4.68 Å². The zero-order valence-electron chi connectivity index (χ0n) is 9.42. The van der Waals surface area contributed by atoms with Gasteiger partial charge in [0.05, 0.1) is 11.8 Å². The Morgan fingerprint density at radius 2 is 2.27 bits per heavy atom. The Hall–Kier alpha value is -0.580. The molecular weight excluding hydrogens is 214 g/mol. The van der Waals surface area contributed by atoms with Gasteiger partial charge < -0.3 is 10.4 Å². The van der Waals surface area contributed by atoms with Crippen LogP contribution in [0.2, 0.25) is 5.15 Å². The van der Waals surface area contributed by atoms with Crippen LogP contribution in [0.1, 0.15) is 18.2 Å². The molecule has 5 heteroatoms. The van der Waals surface area contributed by atoms with Crippen LogP contribution in [-0.4, -0.2) is 34.1 Å². The molecule has 0 aliphatic heterocycles. The summed E-state index contributed by atoms with van der Waals surface area (Å²) in [6, 6.07) is 0. The summed E-state index contributed by atoms with van der Waals surface area (Å²) in [5.74, 6) is 0. The van der Waals surface area contributed by atoms with Gasteiger partial charge in [0.2, 0.25) is 0 Å². The SMILES string of the molecule is CCNCC(O)Cc1c(C)nn(C)c1Cl. The van der Waals surface area contributed by atoms with E-state index in [1.807, 2.05) is 13.8 Å². The van der Waals surface area contributed by atoms with E-state index in [0.717, 1.165) is 17.8 Å². The van der Waals surface area contributed by atoms with Gasteiger partial charge in [-0.05, 0) is 13.5 Å². The quantitative estimate of drug-likeness (QED) is 0.792. The van der Waals surface area contributed by atoms with Crippen molar-refractivity contribution in [3.05, 3.63) is 16.4 Å². The van der Waals surface area contributed by atoms with Crippen molar-refractivity contribution in [2.75, 3.05) is 13.1 Å². The van der Waals surface area contributed by atoms with Gasteiger partial charge in [-0.15, -0.1) is 0 Å². The lowest BCUT2D eigenvalue weighted by molar-refractivity contribution is 0.172. The second kappa shape index (κ2) is 5.49. The Morgan fingerprint density at radius 1 is 1.60 bits per heavy atom. The van der Waals surface area contributed by atoms with E-state index in [4.69, 9.17) is 11.6 Å². The predicted molar refractivity (Wildman–Crippen MR) is 61.2 cm³/mol. The first-order valence-electron chi connectivity index (χ1n) is 5.13. The molecular formula is C10H18ClN3O. The smallest absolute Gasteiger partial charge is 0.130 e. The third-order valence-electron chi connectivity index (χ3n) is 2.34. The normalized spacial score (nSPS) is 13.1. The summed E-state index contributed by atoms with van der Waals surface area (Å²) in [6.45, 7) is 5.36. The van der Waals surface area contributed by atoms with Crippen molar-refractivity contribution in [2.24, 2.45) is 7.05 Å². The third-order valence-corrected chi connectivity index (χ3v) is 2.81. The molecule has 4 nitrogen and oxygen atoms in total.